The average molecular weight is 379 g/mol. The van der Waals surface area contributed by atoms with Gasteiger partial charge in [0.1, 0.15) is 11.3 Å². The average Bonchev–Trinajstić information content (AvgIpc) is 2.69. The number of nitro groups is 1. The molecule has 144 valence electrons. The van der Waals surface area contributed by atoms with E-state index in [2.05, 4.69) is 17.1 Å². The van der Waals surface area contributed by atoms with Crippen molar-refractivity contribution >= 4 is 33.7 Å². The third-order valence-electron chi connectivity index (χ3n) is 5.26. The second kappa shape index (κ2) is 7.34. The normalized spacial score (nSPS) is 15.0. The Balaban J connectivity index is 1.67. The molecule has 1 aliphatic heterocycles. The zero-order valence-corrected chi connectivity index (χ0v) is 15.6. The lowest BCUT2D eigenvalue weighted by Gasteiger charge is -2.32. The molecular weight excluding hydrogens is 358 g/mol. The summed E-state index contributed by atoms with van der Waals surface area (Å²) in [6, 6.07) is 14.5. The topological polar surface area (TPSA) is 88.6 Å². The summed E-state index contributed by atoms with van der Waals surface area (Å²) in [5, 5.41) is 15.0. The Labute approximate surface area is 161 Å². The number of hydrogen-bond acceptors (Lipinski definition) is 6. The fraction of sp³-hybridized carbons (Fsp3) is 0.286. The molecule has 0 radical (unpaired) electrons. The van der Waals surface area contributed by atoms with E-state index in [4.69, 9.17) is 4.42 Å². The zero-order valence-electron chi connectivity index (χ0n) is 15.6. The van der Waals surface area contributed by atoms with Gasteiger partial charge in [0.2, 0.25) is 0 Å². The molecule has 7 heteroatoms. The molecule has 4 rings (SSSR count). The quantitative estimate of drug-likeness (QED) is 0.402. The molecule has 2 heterocycles. The van der Waals surface area contributed by atoms with Crippen LogP contribution < -0.4 is 15.8 Å². The van der Waals surface area contributed by atoms with Crippen molar-refractivity contribution in [3.05, 3.63) is 69.1 Å². The Hall–Kier alpha value is -3.35. The van der Waals surface area contributed by atoms with Crippen molar-refractivity contribution in [2.75, 3.05) is 23.3 Å². The number of para-hydroxylation sites is 1. The first-order valence-electron chi connectivity index (χ1n) is 9.35. The number of benzene rings is 2. The molecule has 7 nitrogen and oxygen atoms in total. The van der Waals surface area contributed by atoms with E-state index in [9.17, 15) is 14.9 Å². The van der Waals surface area contributed by atoms with Crippen molar-refractivity contribution in [2.24, 2.45) is 5.92 Å². The van der Waals surface area contributed by atoms with Gasteiger partial charge in [-0.25, -0.2) is 4.79 Å². The van der Waals surface area contributed by atoms with Crippen LogP contribution in [0.2, 0.25) is 0 Å². The van der Waals surface area contributed by atoms with Gasteiger partial charge in [0.15, 0.2) is 0 Å². The zero-order chi connectivity index (χ0) is 19.7. The van der Waals surface area contributed by atoms with Crippen LogP contribution in [0.15, 0.2) is 57.7 Å². The van der Waals surface area contributed by atoms with Crippen LogP contribution in [-0.2, 0) is 0 Å². The van der Waals surface area contributed by atoms with Crippen LogP contribution in [0.5, 0.6) is 0 Å². The molecule has 0 bridgehead atoms. The molecule has 0 saturated carbocycles. The monoisotopic (exact) mass is 379 g/mol. The van der Waals surface area contributed by atoms with Crippen LogP contribution in [0.3, 0.4) is 0 Å². The Kier molecular flexibility index (Phi) is 4.73. The lowest BCUT2D eigenvalue weighted by atomic mass is 9.99. The number of nitrogens with zero attached hydrogens (tertiary/aromatic N) is 2. The third-order valence-corrected chi connectivity index (χ3v) is 5.26. The third kappa shape index (κ3) is 3.43. The van der Waals surface area contributed by atoms with Crippen molar-refractivity contribution in [2.45, 2.75) is 19.8 Å². The van der Waals surface area contributed by atoms with Crippen molar-refractivity contribution in [1.29, 1.82) is 0 Å². The first kappa shape index (κ1) is 18.0. The molecule has 1 aromatic heterocycles. The van der Waals surface area contributed by atoms with Crippen molar-refractivity contribution in [3.63, 3.8) is 0 Å². The van der Waals surface area contributed by atoms with Crippen molar-refractivity contribution in [1.82, 2.24) is 0 Å². The lowest BCUT2D eigenvalue weighted by Crippen LogP contribution is -2.32. The first-order chi connectivity index (χ1) is 13.5. The molecular formula is C21H21N3O4. The van der Waals surface area contributed by atoms with E-state index in [0.717, 1.165) is 24.7 Å². The maximum atomic E-state index is 12.1. The number of rotatable bonds is 4. The van der Waals surface area contributed by atoms with E-state index in [1.807, 2.05) is 24.3 Å². The van der Waals surface area contributed by atoms with Crippen LogP contribution in [0.25, 0.3) is 11.0 Å². The van der Waals surface area contributed by atoms with Gasteiger partial charge < -0.3 is 14.6 Å². The van der Waals surface area contributed by atoms with Gasteiger partial charge in [-0.1, -0.05) is 19.1 Å². The van der Waals surface area contributed by atoms with E-state index >= 15 is 0 Å². The second-order valence-corrected chi connectivity index (χ2v) is 7.21. The number of anilines is 3. The summed E-state index contributed by atoms with van der Waals surface area (Å²) >= 11 is 0. The number of hydrogen-bond donors (Lipinski definition) is 1. The highest BCUT2D eigenvalue weighted by atomic mass is 16.6. The van der Waals surface area contributed by atoms with Gasteiger partial charge in [0.25, 0.3) is 0 Å². The maximum absolute atomic E-state index is 12.1. The smallest absolute Gasteiger partial charge is 0.417 e. The summed E-state index contributed by atoms with van der Waals surface area (Å²) in [5.74, 6) is 0.760. The summed E-state index contributed by atoms with van der Waals surface area (Å²) in [5.41, 5.74) is 0.700. The van der Waals surface area contributed by atoms with Gasteiger partial charge >= 0.3 is 11.3 Å². The van der Waals surface area contributed by atoms with Crippen LogP contribution in [-0.4, -0.2) is 18.0 Å². The van der Waals surface area contributed by atoms with Gasteiger partial charge in [-0.3, -0.25) is 10.1 Å². The molecule has 0 amide bonds. The Morgan fingerprint density at radius 3 is 2.46 bits per heavy atom. The number of nitrogens with one attached hydrogen (secondary N) is 1. The molecule has 1 N–H and O–H groups in total. The van der Waals surface area contributed by atoms with Crippen LogP contribution in [0, 0.1) is 16.0 Å². The highest BCUT2D eigenvalue weighted by Crippen LogP contribution is 2.33. The summed E-state index contributed by atoms with van der Waals surface area (Å²) in [4.78, 5) is 25.2. The van der Waals surface area contributed by atoms with Crippen LogP contribution in [0.1, 0.15) is 19.8 Å². The van der Waals surface area contributed by atoms with Gasteiger partial charge in [-0.15, -0.1) is 0 Å². The number of fused-ring (bicyclic) bond motifs is 1. The van der Waals surface area contributed by atoms with Gasteiger partial charge in [-0.05, 0) is 55.2 Å². The fourth-order valence-electron chi connectivity index (χ4n) is 3.60. The molecule has 2 aromatic carbocycles. The minimum absolute atomic E-state index is 0.149. The largest absolute Gasteiger partial charge is 0.418 e. The predicted molar refractivity (Wildman–Crippen MR) is 109 cm³/mol. The SMILES string of the molecule is CC1CCN(c2ccc(Nc3c([N+](=O)[O-])c(=O)oc4ccccc34)cc2)CC1. The van der Waals surface area contributed by atoms with Crippen molar-refractivity contribution in [3.8, 4) is 0 Å². The molecule has 1 aliphatic rings. The maximum Gasteiger partial charge on any atom is 0.417 e. The predicted octanol–water partition coefficient (Wildman–Crippen LogP) is 4.68. The van der Waals surface area contributed by atoms with E-state index in [-0.39, 0.29) is 5.69 Å². The van der Waals surface area contributed by atoms with Gasteiger partial charge in [-0.2, -0.15) is 0 Å². The molecule has 1 saturated heterocycles. The lowest BCUT2D eigenvalue weighted by molar-refractivity contribution is -0.386. The van der Waals surface area contributed by atoms with Crippen LogP contribution >= 0.6 is 0 Å². The van der Waals surface area contributed by atoms with Crippen molar-refractivity contribution < 1.29 is 9.34 Å². The summed E-state index contributed by atoms with van der Waals surface area (Å²) in [6.45, 7) is 4.34. The van der Waals surface area contributed by atoms with Crippen LogP contribution in [0.4, 0.5) is 22.7 Å². The summed E-state index contributed by atoms with van der Waals surface area (Å²) in [6.07, 6.45) is 2.36. The molecule has 0 atom stereocenters. The Morgan fingerprint density at radius 2 is 1.79 bits per heavy atom. The number of piperidine rings is 1. The second-order valence-electron chi connectivity index (χ2n) is 7.21. The summed E-state index contributed by atoms with van der Waals surface area (Å²) in [7, 11) is 0. The molecule has 1 fully saturated rings. The molecule has 28 heavy (non-hydrogen) atoms. The highest BCUT2D eigenvalue weighted by molar-refractivity contribution is 5.96. The van der Waals surface area contributed by atoms with E-state index in [0.29, 0.717) is 16.7 Å². The Morgan fingerprint density at radius 1 is 1.11 bits per heavy atom. The highest BCUT2D eigenvalue weighted by Gasteiger charge is 2.25. The molecule has 0 aliphatic carbocycles. The summed E-state index contributed by atoms with van der Waals surface area (Å²) < 4.78 is 5.10. The molecule has 0 spiro atoms. The van der Waals surface area contributed by atoms with Gasteiger partial charge in [0.05, 0.1) is 4.92 Å². The first-order valence-corrected chi connectivity index (χ1v) is 9.35. The van der Waals surface area contributed by atoms with E-state index < -0.39 is 16.2 Å². The fourth-order valence-corrected chi connectivity index (χ4v) is 3.60. The molecule has 3 aromatic rings. The van der Waals surface area contributed by atoms with E-state index in [1.165, 1.54) is 12.8 Å². The standard InChI is InChI=1S/C21H21N3O4/c1-14-10-12-23(13-11-14)16-8-6-15(7-9-16)22-19-17-4-2-3-5-18(17)28-21(25)20(19)24(26)27/h2-9,14,22H,10-13H2,1H3. The minimum atomic E-state index is -0.967. The molecule has 0 unspecified atom stereocenters. The minimum Gasteiger partial charge on any atom is -0.418 e. The van der Waals surface area contributed by atoms with E-state index in [1.54, 1.807) is 24.3 Å². The van der Waals surface area contributed by atoms with Gasteiger partial charge in [0, 0.05) is 29.9 Å². The Bertz CT molecular complexity index is 1070.